The van der Waals surface area contributed by atoms with Gasteiger partial charge in [-0.15, -0.1) is 0 Å². The number of hydrogen-bond acceptors (Lipinski definition) is 4. The molecule has 1 fully saturated rings. The van der Waals surface area contributed by atoms with Gasteiger partial charge in [0.2, 0.25) is 0 Å². The van der Waals surface area contributed by atoms with Gasteiger partial charge in [0.15, 0.2) is 5.58 Å². The standard InChI is InChI=1S/C14H19N3O2/c18-14-16-12-4-3-11(10-13(12)19-14)2-1-7-17-8-5-15-6-9-17/h3-4,10,15H,1-2,5-9H2,(H,16,18). The molecule has 1 aromatic heterocycles. The summed E-state index contributed by atoms with van der Waals surface area (Å²) in [6, 6.07) is 5.94. The largest absolute Gasteiger partial charge is 0.417 e. The molecule has 3 rings (SSSR count). The number of benzene rings is 1. The molecule has 0 bridgehead atoms. The van der Waals surface area contributed by atoms with Crippen LogP contribution in [0.15, 0.2) is 27.4 Å². The molecule has 19 heavy (non-hydrogen) atoms. The molecule has 5 heteroatoms. The SMILES string of the molecule is O=c1[nH]c2ccc(CCCN3CCNCC3)cc2o1. The number of aromatic nitrogens is 1. The number of hydrogen-bond donors (Lipinski definition) is 2. The summed E-state index contributed by atoms with van der Waals surface area (Å²) >= 11 is 0. The Hall–Kier alpha value is -1.59. The van der Waals surface area contributed by atoms with E-state index in [1.54, 1.807) is 0 Å². The van der Waals surface area contributed by atoms with E-state index < -0.39 is 0 Å². The van der Waals surface area contributed by atoms with Crippen molar-refractivity contribution < 1.29 is 4.42 Å². The Kier molecular flexibility index (Phi) is 3.66. The van der Waals surface area contributed by atoms with E-state index in [0.717, 1.165) is 51.1 Å². The molecule has 2 heterocycles. The molecule has 102 valence electrons. The van der Waals surface area contributed by atoms with Crippen molar-refractivity contribution in [2.24, 2.45) is 0 Å². The van der Waals surface area contributed by atoms with Crippen LogP contribution in [0, 0.1) is 0 Å². The monoisotopic (exact) mass is 261 g/mol. The van der Waals surface area contributed by atoms with Gasteiger partial charge < -0.3 is 14.6 Å². The quantitative estimate of drug-likeness (QED) is 0.860. The highest BCUT2D eigenvalue weighted by atomic mass is 16.4. The molecule has 0 spiro atoms. The molecular formula is C14H19N3O2. The molecule has 2 N–H and O–H groups in total. The second-order valence-electron chi connectivity index (χ2n) is 5.04. The van der Waals surface area contributed by atoms with Gasteiger partial charge in [-0.3, -0.25) is 4.98 Å². The van der Waals surface area contributed by atoms with Crippen molar-refractivity contribution in [3.63, 3.8) is 0 Å². The molecule has 0 amide bonds. The fourth-order valence-electron chi connectivity index (χ4n) is 2.59. The van der Waals surface area contributed by atoms with Gasteiger partial charge in [0, 0.05) is 26.2 Å². The van der Waals surface area contributed by atoms with Crippen molar-refractivity contribution in [2.75, 3.05) is 32.7 Å². The van der Waals surface area contributed by atoms with Gasteiger partial charge in [-0.1, -0.05) is 6.07 Å². The molecule has 5 nitrogen and oxygen atoms in total. The molecule has 0 radical (unpaired) electrons. The Labute approximate surface area is 111 Å². The Balaban J connectivity index is 1.57. The van der Waals surface area contributed by atoms with Crippen molar-refractivity contribution in [2.45, 2.75) is 12.8 Å². The minimum absolute atomic E-state index is 0.382. The number of aryl methyl sites for hydroxylation is 1. The topological polar surface area (TPSA) is 61.3 Å². The molecule has 0 atom stereocenters. The fraction of sp³-hybridized carbons (Fsp3) is 0.500. The summed E-state index contributed by atoms with van der Waals surface area (Å²) in [4.78, 5) is 16.2. The number of piperazine rings is 1. The average Bonchev–Trinajstić information content (AvgIpc) is 2.79. The first kappa shape index (κ1) is 12.4. The van der Waals surface area contributed by atoms with Gasteiger partial charge in [-0.2, -0.15) is 0 Å². The van der Waals surface area contributed by atoms with Crippen molar-refractivity contribution >= 4 is 11.1 Å². The predicted octanol–water partition coefficient (Wildman–Crippen LogP) is 0.959. The fourth-order valence-corrected chi connectivity index (χ4v) is 2.59. The van der Waals surface area contributed by atoms with E-state index in [4.69, 9.17) is 4.42 Å². The number of rotatable bonds is 4. The smallest absolute Gasteiger partial charge is 0.408 e. The average molecular weight is 261 g/mol. The number of fused-ring (bicyclic) bond motifs is 1. The lowest BCUT2D eigenvalue weighted by molar-refractivity contribution is 0.238. The number of aromatic amines is 1. The van der Waals surface area contributed by atoms with Crippen LogP contribution in [0.5, 0.6) is 0 Å². The lowest BCUT2D eigenvalue weighted by Gasteiger charge is -2.27. The van der Waals surface area contributed by atoms with E-state index in [1.165, 1.54) is 5.56 Å². The van der Waals surface area contributed by atoms with E-state index in [9.17, 15) is 4.79 Å². The zero-order valence-corrected chi connectivity index (χ0v) is 10.9. The lowest BCUT2D eigenvalue weighted by atomic mass is 10.1. The summed E-state index contributed by atoms with van der Waals surface area (Å²) in [7, 11) is 0. The first-order valence-corrected chi connectivity index (χ1v) is 6.86. The van der Waals surface area contributed by atoms with Gasteiger partial charge in [0.25, 0.3) is 0 Å². The molecule has 1 aliphatic heterocycles. The van der Waals surface area contributed by atoms with Gasteiger partial charge in [-0.05, 0) is 37.1 Å². The minimum Gasteiger partial charge on any atom is -0.408 e. The lowest BCUT2D eigenvalue weighted by Crippen LogP contribution is -2.43. The van der Waals surface area contributed by atoms with Gasteiger partial charge in [0.05, 0.1) is 5.52 Å². The predicted molar refractivity (Wildman–Crippen MR) is 74.5 cm³/mol. The van der Waals surface area contributed by atoms with Crippen LogP contribution in [-0.4, -0.2) is 42.6 Å². The highest BCUT2D eigenvalue weighted by Gasteiger charge is 2.09. The summed E-state index contributed by atoms with van der Waals surface area (Å²) < 4.78 is 5.08. The Morgan fingerprint density at radius 1 is 1.26 bits per heavy atom. The number of nitrogens with one attached hydrogen (secondary N) is 2. The van der Waals surface area contributed by atoms with Crippen LogP contribution in [-0.2, 0) is 6.42 Å². The second kappa shape index (κ2) is 5.59. The summed E-state index contributed by atoms with van der Waals surface area (Å²) in [5.41, 5.74) is 2.66. The van der Waals surface area contributed by atoms with E-state index in [-0.39, 0.29) is 5.76 Å². The van der Waals surface area contributed by atoms with Crippen molar-refractivity contribution in [1.29, 1.82) is 0 Å². The first-order chi connectivity index (χ1) is 9.31. The normalized spacial score (nSPS) is 17.1. The first-order valence-electron chi connectivity index (χ1n) is 6.86. The summed E-state index contributed by atoms with van der Waals surface area (Å²) in [5, 5.41) is 3.36. The van der Waals surface area contributed by atoms with E-state index >= 15 is 0 Å². The van der Waals surface area contributed by atoms with Crippen LogP contribution in [0.3, 0.4) is 0 Å². The minimum atomic E-state index is -0.382. The maximum Gasteiger partial charge on any atom is 0.417 e. The molecule has 0 saturated carbocycles. The molecular weight excluding hydrogens is 242 g/mol. The zero-order chi connectivity index (χ0) is 13.1. The Morgan fingerprint density at radius 2 is 2.11 bits per heavy atom. The van der Waals surface area contributed by atoms with E-state index in [1.807, 2.05) is 12.1 Å². The van der Waals surface area contributed by atoms with Crippen LogP contribution in [0.1, 0.15) is 12.0 Å². The van der Waals surface area contributed by atoms with Crippen molar-refractivity contribution in [1.82, 2.24) is 15.2 Å². The maximum atomic E-state index is 11.1. The zero-order valence-electron chi connectivity index (χ0n) is 10.9. The van der Waals surface area contributed by atoms with Crippen molar-refractivity contribution in [3.05, 3.63) is 34.3 Å². The van der Waals surface area contributed by atoms with Crippen LogP contribution in [0.4, 0.5) is 0 Å². The third kappa shape index (κ3) is 3.05. The highest BCUT2D eigenvalue weighted by molar-refractivity contribution is 5.72. The molecule has 0 aliphatic carbocycles. The van der Waals surface area contributed by atoms with Crippen LogP contribution < -0.4 is 11.1 Å². The molecule has 1 saturated heterocycles. The number of oxazole rings is 1. The summed E-state index contributed by atoms with van der Waals surface area (Å²) in [5.74, 6) is -0.382. The summed E-state index contributed by atoms with van der Waals surface area (Å²) in [6.45, 7) is 5.62. The molecule has 0 unspecified atom stereocenters. The number of nitrogens with zero attached hydrogens (tertiary/aromatic N) is 1. The van der Waals surface area contributed by atoms with Gasteiger partial charge in [0.1, 0.15) is 0 Å². The van der Waals surface area contributed by atoms with Gasteiger partial charge >= 0.3 is 5.76 Å². The van der Waals surface area contributed by atoms with Crippen LogP contribution in [0.25, 0.3) is 11.1 Å². The van der Waals surface area contributed by atoms with E-state index in [0.29, 0.717) is 5.58 Å². The van der Waals surface area contributed by atoms with Gasteiger partial charge in [-0.25, -0.2) is 4.79 Å². The highest BCUT2D eigenvalue weighted by Crippen LogP contribution is 2.13. The molecule has 1 aromatic carbocycles. The number of H-pyrrole nitrogens is 1. The third-order valence-electron chi connectivity index (χ3n) is 3.63. The van der Waals surface area contributed by atoms with Crippen molar-refractivity contribution in [3.8, 4) is 0 Å². The Morgan fingerprint density at radius 3 is 2.95 bits per heavy atom. The molecule has 1 aliphatic rings. The van der Waals surface area contributed by atoms with Crippen LogP contribution >= 0.6 is 0 Å². The van der Waals surface area contributed by atoms with E-state index in [2.05, 4.69) is 21.3 Å². The third-order valence-corrected chi connectivity index (χ3v) is 3.63. The summed E-state index contributed by atoms with van der Waals surface area (Å²) in [6.07, 6.45) is 2.16. The molecule has 2 aromatic rings. The van der Waals surface area contributed by atoms with Crippen LogP contribution in [0.2, 0.25) is 0 Å². The maximum absolute atomic E-state index is 11.1. The second-order valence-corrected chi connectivity index (χ2v) is 5.04. The Bertz CT molecular complexity index is 596.